The van der Waals surface area contributed by atoms with Gasteiger partial charge in [0.1, 0.15) is 17.0 Å². The van der Waals surface area contributed by atoms with E-state index in [2.05, 4.69) is 20.5 Å². The number of fused-ring (bicyclic) bond motifs is 1. The van der Waals surface area contributed by atoms with Crippen molar-refractivity contribution in [2.45, 2.75) is 51.7 Å². The first-order valence-corrected chi connectivity index (χ1v) is 15.1. The minimum absolute atomic E-state index is 0.00683. The van der Waals surface area contributed by atoms with Crippen LogP contribution in [0.25, 0.3) is 5.65 Å². The zero-order chi connectivity index (χ0) is 29.5. The molecule has 13 nitrogen and oxygen atoms in total. The van der Waals surface area contributed by atoms with E-state index in [1.165, 1.54) is 21.6 Å². The Kier molecular flexibility index (Phi) is 7.61. The van der Waals surface area contributed by atoms with Gasteiger partial charge in [-0.05, 0) is 39.7 Å². The monoisotopic (exact) mass is 594 g/mol. The third kappa shape index (κ3) is 6.41. The predicted molar refractivity (Wildman–Crippen MR) is 145 cm³/mol. The number of hydrogen-bond donors (Lipinski definition) is 1. The molecule has 41 heavy (non-hydrogen) atoms. The van der Waals surface area contributed by atoms with E-state index in [9.17, 15) is 26.8 Å². The molecule has 2 amide bonds. The molecule has 3 aromatic rings. The SMILES string of the molecule is CC(C)(C)OC(=O)N1CCC(n2cc(NC(=O)c3cnn4ccc(N5CCS(=O)(=O)CC5)nc34)c(C(F)F)n2)CC1. The van der Waals surface area contributed by atoms with Crippen LogP contribution in [-0.2, 0) is 14.6 Å². The van der Waals surface area contributed by atoms with Crippen LogP contribution >= 0.6 is 0 Å². The van der Waals surface area contributed by atoms with Gasteiger partial charge in [-0.25, -0.2) is 31.5 Å². The Bertz CT molecular complexity index is 1540. The molecule has 5 rings (SSSR count). The van der Waals surface area contributed by atoms with E-state index in [0.717, 1.165) is 0 Å². The van der Waals surface area contributed by atoms with Crippen LogP contribution in [0.4, 0.5) is 25.1 Å². The van der Waals surface area contributed by atoms with Gasteiger partial charge in [0.05, 0.1) is 29.4 Å². The van der Waals surface area contributed by atoms with Crippen LogP contribution in [0.3, 0.4) is 0 Å². The van der Waals surface area contributed by atoms with E-state index in [4.69, 9.17) is 4.74 Å². The molecule has 0 spiro atoms. The topological polar surface area (TPSA) is 144 Å². The van der Waals surface area contributed by atoms with Gasteiger partial charge in [-0.1, -0.05) is 0 Å². The summed E-state index contributed by atoms with van der Waals surface area (Å²) in [6.45, 7) is 6.66. The molecule has 0 aliphatic carbocycles. The fourth-order valence-corrected chi connectivity index (χ4v) is 6.02. The molecule has 0 saturated carbocycles. The Morgan fingerprint density at radius 3 is 2.44 bits per heavy atom. The number of alkyl halides is 2. The first-order valence-electron chi connectivity index (χ1n) is 13.3. The molecule has 0 bridgehead atoms. The molecule has 2 aliphatic heterocycles. The van der Waals surface area contributed by atoms with Crippen molar-refractivity contribution >= 4 is 39.0 Å². The number of aromatic nitrogens is 5. The summed E-state index contributed by atoms with van der Waals surface area (Å²) in [6, 6.07) is 1.43. The number of piperidine rings is 1. The molecule has 0 unspecified atom stereocenters. The molecule has 2 aliphatic rings. The number of amides is 2. The summed E-state index contributed by atoms with van der Waals surface area (Å²) in [4.78, 5) is 33.5. The number of likely N-dealkylation sites (tertiary alicyclic amines) is 1. The zero-order valence-electron chi connectivity index (χ0n) is 23.0. The zero-order valence-corrected chi connectivity index (χ0v) is 23.8. The summed E-state index contributed by atoms with van der Waals surface area (Å²) in [7, 11) is -3.09. The van der Waals surface area contributed by atoms with E-state index in [1.807, 2.05) is 4.90 Å². The summed E-state index contributed by atoms with van der Waals surface area (Å²) in [5, 5.41) is 10.7. The van der Waals surface area contributed by atoms with Gasteiger partial charge in [0, 0.05) is 38.6 Å². The van der Waals surface area contributed by atoms with Crippen LogP contribution in [0, 0.1) is 0 Å². The number of rotatable bonds is 5. The standard InChI is InChI=1S/C25H32F2N8O5S/c1-25(2,3)40-24(37)33-7-4-16(5-8-33)35-15-18(20(31-35)21(26)27)29-23(36)17-14-28-34-9-6-19(30-22(17)34)32-10-12-41(38,39)13-11-32/h6,9,14-16,21H,4-5,7-8,10-13H2,1-3H3,(H,29,36). The largest absolute Gasteiger partial charge is 0.444 e. The maximum Gasteiger partial charge on any atom is 0.410 e. The van der Waals surface area contributed by atoms with Crippen LogP contribution in [0.5, 0.6) is 0 Å². The Morgan fingerprint density at radius 2 is 1.80 bits per heavy atom. The maximum atomic E-state index is 13.9. The quantitative estimate of drug-likeness (QED) is 0.471. The molecule has 3 aromatic heterocycles. The van der Waals surface area contributed by atoms with Crippen molar-refractivity contribution < 1.29 is 31.5 Å². The normalized spacial score (nSPS) is 18.2. The number of sulfone groups is 1. The van der Waals surface area contributed by atoms with Gasteiger partial charge in [0.25, 0.3) is 12.3 Å². The predicted octanol–water partition coefficient (Wildman–Crippen LogP) is 2.92. The van der Waals surface area contributed by atoms with E-state index < -0.39 is 39.6 Å². The van der Waals surface area contributed by atoms with E-state index >= 15 is 0 Å². The third-order valence-corrected chi connectivity index (χ3v) is 8.58. The van der Waals surface area contributed by atoms with Crippen molar-refractivity contribution in [3.8, 4) is 0 Å². The second-order valence-electron chi connectivity index (χ2n) is 11.1. The summed E-state index contributed by atoms with van der Waals surface area (Å²) in [5.41, 5.74) is -1.04. The summed E-state index contributed by atoms with van der Waals surface area (Å²) in [5.74, 6) is -0.187. The van der Waals surface area contributed by atoms with E-state index in [-0.39, 0.29) is 47.5 Å². The Labute approximate surface area is 235 Å². The second-order valence-corrected chi connectivity index (χ2v) is 13.4. The van der Waals surface area contributed by atoms with Gasteiger partial charge < -0.3 is 19.9 Å². The molecule has 0 atom stereocenters. The van der Waals surface area contributed by atoms with Crippen LogP contribution in [0.1, 0.15) is 62.1 Å². The average Bonchev–Trinajstić information content (AvgIpc) is 3.52. The number of hydrogen-bond acceptors (Lipinski definition) is 9. The van der Waals surface area contributed by atoms with E-state index in [1.54, 1.807) is 37.9 Å². The van der Waals surface area contributed by atoms with Crippen LogP contribution in [-0.4, -0.2) is 93.0 Å². The lowest BCUT2D eigenvalue weighted by molar-refractivity contribution is 0.0184. The lowest BCUT2D eigenvalue weighted by Crippen LogP contribution is -2.42. The fourth-order valence-electron chi connectivity index (χ4n) is 4.82. The van der Waals surface area contributed by atoms with Crippen LogP contribution < -0.4 is 10.2 Å². The molecule has 222 valence electrons. The molecule has 1 N–H and O–H groups in total. The van der Waals surface area contributed by atoms with Gasteiger partial charge in [0.2, 0.25) is 0 Å². The number of nitrogens with one attached hydrogen (secondary N) is 1. The average molecular weight is 595 g/mol. The highest BCUT2D eigenvalue weighted by molar-refractivity contribution is 7.91. The molecular formula is C25H32F2N8O5S. The minimum atomic E-state index is -3.09. The second kappa shape index (κ2) is 10.9. The van der Waals surface area contributed by atoms with Crippen molar-refractivity contribution in [2.24, 2.45) is 0 Å². The summed E-state index contributed by atoms with van der Waals surface area (Å²) < 4.78 is 59.6. The number of anilines is 2. The Hall–Kier alpha value is -3.82. The molecule has 16 heteroatoms. The molecule has 5 heterocycles. The Morgan fingerprint density at radius 1 is 1.12 bits per heavy atom. The first kappa shape index (κ1) is 28.7. The molecule has 2 saturated heterocycles. The van der Waals surface area contributed by atoms with Gasteiger partial charge in [-0.3, -0.25) is 9.48 Å². The van der Waals surface area contributed by atoms with Gasteiger partial charge >= 0.3 is 6.09 Å². The fraction of sp³-hybridized carbons (Fsp3) is 0.560. The van der Waals surface area contributed by atoms with Crippen LogP contribution in [0.2, 0.25) is 0 Å². The minimum Gasteiger partial charge on any atom is -0.444 e. The molecule has 0 radical (unpaired) electrons. The summed E-state index contributed by atoms with van der Waals surface area (Å²) in [6.07, 6.45) is 1.88. The number of nitrogens with zero attached hydrogens (tertiary/aromatic N) is 7. The number of halogens is 2. The molecule has 2 fully saturated rings. The van der Waals surface area contributed by atoms with Gasteiger partial charge in [-0.2, -0.15) is 10.2 Å². The molecule has 0 aromatic carbocycles. The van der Waals surface area contributed by atoms with Crippen LogP contribution in [0.15, 0.2) is 24.7 Å². The van der Waals surface area contributed by atoms with Crippen molar-refractivity contribution in [1.29, 1.82) is 0 Å². The smallest absolute Gasteiger partial charge is 0.410 e. The van der Waals surface area contributed by atoms with Crippen molar-refractivity contribution in [1.82, 2.24) is 29.3 Å². The lowest BCUT2D eigenvalue weighted by Gasteiger charge is -2.33. The summed E-state index contributed by atoms with van der Waals surface area (Å²) >= 11 is 0. The third-order valence-electron chi connectivity index (χ3n) is 6.97. The van der Waals surface area contributed by atoms with E-state index in [0.29, 0.717) is 31.7 Å². The highest BCUT2D eigenvalue weighted by Crippen LogP contribution is 2.31. The highest BCUT2D eigenvalue weighted by Gasteiger charge is 2.30. The van der Waals surface area contributed by atoms with Crippen molar-refractivity contribution in [3.63, 3.8) is 0 Å². The van der Waals surface area contributed by atoms with Crippen molar-refractivity contribution in [3.05, 3.63) is 35.9 Å². The first-order chi connectivity index (χ1) is 19.3. The van der Waals surface area contributed by atoms with Crippen molar-refractivity contribution in [2.75, 3.05) is 47.9 Å². The van der Waals surface area contributed by atoms with Gasteiger partial charge in [-0.15, -0.1) is 0 Å². The number of carbonyl (C=O) groups is 2. The maximum absolute atomic E-state index is 13.9. The van der Waals surface area contributed by atoms with Gasteiger partial charge in [0.15, 0.2) is 21.2 Å². The Balaban J connectivity index is 1.30. The lowest BCUT2D eigenvalue weighted by atomic mass is 10.1. The highest BCUT2D eigenvalue weighted by atomic mass is 32.2. The number of carbonyl (C=O) groups excluding carboxylic acids is 2. The number of ether oxygens (including phenoxy) is 1. The molecular weight excluding hydrogens is 562 g/mol.